The molecule has 0 aliphatic carbocycles. The van der Waals surface area contributed by atoms with E-state index in [2.05, 4.69) is 16.0 Å². The van der Waals surface area contributed by atoms with Crippen LogP contribution in [-0.2, 0) is 22.6 Å². The van der Waals surface area contributed by atoms with Gasteiger partial charge in [0, 0.05) is 6.54 Å². The smallest absolute Gasteiger partial charge is 0.243 e. The zero-order valence-corrected chi connectivity index (χ0v) is 16.4. The Balaban J connectivity index is 1.53. The number of aromatic amines is 1. The second-order valence-corrected chi connectivity index (χ2v) is 7.29. The molecule has 150 valence electrons. The molecule has 0 saturated carbocycles. The first-order valence-electron chi connectivity index (χ1n) is 9.72. The third kappa shape index (κ3) is 4.23. The van der Waals surface area contributed by atoms with E-state index in [1.807, 2.05) is 42.5 Å². The molecule has 0 radical (unpaired) electrons. The maximum Gasteiger partial charge on any atom is 0.243 e. The molecule has 1 saturated heterocycles. The van der Waals surface area contributed by atoms with E-state index in [0.717, 1.165) is 16.8 Å². The van der Waals surface area contributed by atoms with Crippen molar-refractivity contribution < 1.29 is 9.59 Å². The molecule has 2 heterocycles. The summed E-state index contributed by atoms with van der Waals surface area (Å²) in [7, 11) is 0. The number of amides is 2. The molecule has 1 aliphatic heterocycles. The SMILES string of the molecule is N#Cc1ccc(CC(c2cnc[nH]2)N2CC(=O)N(Cc3ccccc3)CC2=O)cc1. The molecule has 3 aromatic rings. The van der Waals surface area contributed by atoms with E-state index in [9.17, 15) is 9.59 Å². The van der Waals surface area contributed by atoms with Crippen molar-refractivity contribution in [2.45, 2.75) is 19.0 Å². The number of hydrogen-bond donors (Lipinski definition) is 1. The summed E-state index contributed by atoms with van der Waals surface area (Å²) in [5.41, 5.74) is 3.32. The van der Waals surface area contributed by atoms with Crippen molar-refractivity contribution in [3.8, 4) is 6.07 Å². The summed E-state index contributed by atoms with van der Waals surface area (Å²) in [6.07, 6.45) is 3.77. The lowest BCUT2D eigenvalue weighted by Crippen LogP contribution is -2.54. The lowest BCUT2D eigenvalue weighted by atomic mass is 10.00. The molecule has 7 nitrogen and oxygen atoms in total. The second kappa shape index (κ2) is 8.62. The van der Waals surface area contributed by atoms with Crippen LogP contribution in [0.15, 0.2) is 67.1 Å². The van der Waals surface area contributed by atoms with Crippen LogP contribution in [0.25, 0.3) is 0 Å². The highest BCUT2D eigenvalue weighted by molar-refractivity contribution is 5.92. The normalized spacial score (nSPS) is 15.2. The van der Waals surface area contributed by atoms with Gasteiger partial charge < -0.3 is 14.8 Å². The first kappa shape index (κ1) is 19.4. The Morgan fingerprint density at radius 2 is 1.77 bits per heavy atom. The van der Waals surface area contributed by atoms with Crippen LogP contribution in [0.2, 0.25) is 0 Å². The molecule has 30 heavy (non-hydrogen) atoms. The number of carbonyl (C=O) groups is 2. The van der Waals surface area contributed by atoms with Crippen LogP contribution in [0.4, 0.5) is 0 Å². The van der Waals surface area contributed by atoms with Crippen LogP contribution < -0.4 is 0 Å². The van der Waals surface area contributed by atoms with Crippen molar-refractivity contribution in [2.24, 2.45) is 0 Å². The monoisotopic (exact) mass is 399 g/mol. The predicted octanol–water partition coefficient (Wildman–Crippen LogP) is 2.44. The molecule has 2 amide bonds. The number of nitrogens with zero attached hydrogens (tertiary/aromatic N) is 4. The van der Waals surface area contributed by atoms with Gasteiger partial charge in [0.25, 0.3) is 0 Å². The van der Waals surface area contributed by atoms with Crippen molar-refractivity contribution in [1.29, 1.82) is 5.26 Å². The minimum atomic E-state index is -0.337. The molecule has 7 heteroatoms. The second-order valence-electron chi connectivity index (χ2n) is 7.29. The minimum absolute atomic E-state index is 0.0195. The van der Waals surface area contributed by atoms with Crippen LogP contribution in [0.1, 0.15) is 28.4 Å². The predicted molar refractivity (Wildman–Crippen MR) is 110 cm³/mol. The highest BCUT2D eigenvalue weighted by Gasteiger charge is 2.35. The summed E-state index contributed by atoms with van der Waals surface area (Å²) in [5.74, 6) is -0.179. The number of rotatable bonds is 6. The summed E-state index contributed by atoms with van der Waals surface area (Å²) >= 11 is 0. The maximum absolute atomic E-state index is 13.0. The Morgan fingerprint density at radius 3 is 2.43 bits per heavy atom. The van der Waals surface area contributed by atoms with E-state index >= 15 is 0 Å². The fourth-order valence-corrected chi connectivity index (χ4v) is 3.68. The fraction of sp³-hybridized carbons (Fsp3) is 0.217. The van der Waals surface area contributed by atoms with Gasteiger partial charge in [0.05, 0.1) is 35.9 Å². The fourth-order valence-electron chi connectivity index (χ4n) is 3.68. The van der Waals surface area contributed by atoms with Gasteiger partial charge >= 0.3 is 0 Å². The van der Waals surface area contributed by atoms with Crippen molar-refractivity contribution in [2.75, 3.05) is 13.1 Å². The average Bonchev–Trinajstić information content (AvgIpc) is 3.30. The largest absolute Gasteiger partial charge is 0.347 e. The van der Waals surface area contributed by atoms with E-state index in [1.165, 1.54) is 0 Å². The van der Waals surface area contributed by atoms with Gasteiger partial charge in [-0.05, 0) is 29.7 Å². The van der Waals surface area contributed by atoms with Crippen LogP contribution in [-0.4, -0.2) is 44.7 Å². The summed E-state index contributed by atoms with van der Waals surface area (Å²) in [5, 5.41) is 9.00. The van der Waals surface area contributed by atoms with Gasteiger partial charge in [-0.15, -0.1) is 0 Å². The maximum atomic E-state index is 13.0. The molecule has 1 fully saturated rings. The molecular weight excluding hydrogens is 378 g/mol. The highest BCUT2D eigenvalue weighted by Crippen LogP contribution is 2.26. The summed E-state index contributed by atoms with van der Waals surface area (Å²) in [4.78, 5) is 36.2. The molecule has 0 bridgehead atoms. The topological polar surface area (TPSA) is 93.1 Å². The van der Waals surface area contributed by atoms with E-state index in [0.29, 0.717) is 18.5 Å². The standard InChI is InChI=1S/C23H21N5O2/c24-11-18-8-6-17(7-9-18)10-21(20-12-25-16-26-20)28-15-22(29)27(14-23(28)30)13-19-4-2-1-3-5-19/h1-9,12,16,21H,10,13-15H2,(H,25,26). The molecule has 1 atom stereocenters. The first-order valence-corrected chi connectivity index (χ1v) is 9.72. The number of nitrogens with one attached hydrogen (secondary N) is 1. The van der Waals surface area contributed by atoms with Crippen LogP contribution in [0, 0.1) is 11.3 Å². The van der Waals surface area contributed by atoms with Crippen LogP contribution in [0.3, 0.4) is 0 Å². The number of benzene rings is 2. The third-order valence-electron chi connectivity index (χ3n) is 5.29. The van der Waals surface area contributed by atoms with E-state index < -0.39 is 0 Å². The highest BCUT2D eigenvalue weighted by atomic mass is 16.2. The van der Waals surface area contributed by atoms with Gasteiger partial charge in [0.1, 0.15) is 13.1 Å². The van der Waals surface area contributed by atoms with E-state index in [-0.39, 0.29) is 30.9 Å². The molecule has 0 spiro atoms. The summed E-state index contributed by atoms with van der Waals surface area (Å²) < 4.78 is 0. The Labute approximate surface area is 174 Å². The van der Waals surface area contributed by atoms with Gasteiger partial charge in [0.15, 0.2) is 0 Å². The van der Waals surface area contributed by atoms with Crippen LogP contribution >= 0.6 is 0 Å². The molecule has 1 aromatic heterocycles. The summed E-state index contributed by atoms with van der Waals surface area (Å²) in [6.45, 7) is 0.487. The zero-order chi connectivity index (χ0) is 20.9. The number of H-pyrrole nitrogens is 1. The Hall–Kier alpha value is -3.92. The van der Waals surface area contributed by atoms with Crippen molar-refractivity contribution in [1.82, 2.24) is 19.8 Å². The molecule has 1 aliphatic rings. The molecular formula is C23H21N5O2. The van der Waals surface area contributed by atoms with Gasteiger partial charge in [-0.1, -0.05) is 42.5 Å². The van der Waals surface area contributed by atoms with E-state index in [4.69, 9.17) is 5.26 Å². The van der Waals surface area contributed by atoms with Crippen molar-refractivity contribution >= 4 is 11.8 Å². The average molecular weight is 399 g/mol. The zero-order valence-electron chi connectivity index (χ0n) is 16.4. The van der Waals surface area contributed by atoms with Gasteiger partial charge in [-0.25, -0.2) is 4.98 Å². The Kier molecular flexibility index (Phi) is 5.57. The van der Waals surface area contributed by atoms with Gasteiger partial charge in [-0.2, -0.15) is 5.26 Å². The Morgan fingerprint density at radius 1 is 1.00 bits per heavy atom. The number of carbonyl (C=O) groups excluding carboxylic acids is 2. The molecule has 2 aromatic carbocycles. The van der Waals surface area contributed by atoms with Gasteiger partial charge in [0.2, 0.25) is 11.8 Å². The number of hydrogen-bond acceptors (Lipinski definition) is 4. The number of imidazole rings is 1. The minimum Gasteiger partial charge on any atom is -0.347 e. The van der Waals surface area contributed by atoms with Crippen LogP contribution in [0.5, 0.6) is 0 Å². The molecule has 4 rings (SSSR count). The quantitative estimate of drug-likeness (QED) is 0.689. The lowest BCUT2D eigenvalue weighted by Gasteiger charge is -2.38. The van der Waals surface area contributed by atoms with Crippen molar-refractivity contribution in [3.63, 3.8) is 0 Å². The number of piperazine rings is 1. The lowest BCUT2D eigenvalue weighted by molar-refractivity contribution is -0.153. The number of nitriles is 1. The number of aromatic nitrogens is 2. The molecule has 1 N–H and O–H groups in total. The Bertz CT molecular complexity index is 1060. The third-order valence-corrected chi connectivity index (χ3v) is 5.29. The van der Waals surface area contributed by atoms with Gasteiger partial charge in [-0.3, -0.25) is 9.59 Å². The van der Waals surface area contributed by atoms with E-state index in [1.54, 1.807) is 34.5 Å². The molecule has 1 unspecified atom stereocenters. The summed E-state index contributed by atoms with van der Waals surface area (Å²) in [6, 6.07) is 18.7. The van der Waals surface area contributed by atoms with Crippen molar-refractivity contribution in [3.05, 3.63) is 89.5 Å². The first-order chi connectivity index (χ1) is 14.6.